The van der Waals surface area contributed by atoms with Crippen LogP contribution in [0.25, 0.3) is 0 Å². The first-order valence-electron chi connectivity index (χ1n) is 5.87. The molecule has 96 valence electrons. The summed E-state index contributed by atoms with van der Waals surface area (Å²) in [5.74, 6) is -0.912. The van der Waals surface area contributed by atoms with E-state index in [9.17, 15) is 9.59 Å². The van der Waals surface area contributed by atoms with Crippen LogP contribution in [-0.2, 0) is 4.79 Å². The van der Waals surface area contributed by atoms with Crippen molar-refractivity contribution in [3.63, 3.8) is 0 Å². The van der Waals surface area contributed by atoms with E-state index in [1.807, 2.05) is 0 Å². The van der Waals surface area contributed by atoms with Crippen molar-refractivity contribution < 1.29 is 9.59 Å². The minimum absolute atomic E-state index is 0.424. The molecule has 0 aliphatic carbocycles. The second-order valence-electron chi connectivity index (χ2n) is 4.17. The van der Waals surface area contributed by atoms with Crippen molar-refractivity contribution in [2.24, 2.45) is 0 Å². The Bertz CT molecular complexity index is 490. The third-order valence-corrected chi connectivity index (χ3v) is 3.82. The number of halogens is 2. The summed E-state index contributed by atoms with van der Waals surface area (Å²) in [6.07, 6.45) is 2.95. The average molecular weight is 331 g/mol. The Balaban J connectivity index is 2.17. The summed E-state index contributed by atoms with van der Waals surface area (Å²) in [5, 5.41) is 1.42. The smallest absolute Gasteiger partial charge is 0.299 e. The number of hydrogen-bond acceptors (Lipinski definition) is 2. The van der Waals surface area contributed by atoms with Gasteiger partial charge in [0.25, 0.3) is 11.7 Å². The van der Waals surface area contributed by atoms with E-state index in [1.165, 1.54) is 4.90 Å². The van der Waals surface area contributed by atoms with Crippen LogP contribution in [0.15, 0.2) is 18.2 Å². The highest BCUT2D eigenvalue weighted by atomic mass is 79.9. The monoisotopic (exact) mass is 329 g/mol. The molecule has 0 aromatic heterocycles. The lowest BCUT2D eigenvalue weighted by atomic mass is 10.1. The molecule has 1 heterocycles. The zero-order valence-electron chi connectivity index (χ0n) is 9.79. The van der Waals surface area contributed by atoms with Gasteiger partial charge in [-0.25, -0.2) is 0 Å². The molecule has 1 aliphatic rings. The molecule has 0 unspecified atom stereocenters. The predicted molar refractivity (Wildman–Crippen MR) is 75.8 cm³/mol. The van der Waals surface area contributed by atoms with Gasteiger partial charge in [0, 0.05) is 11.9 Å². The third-order valence-electron chi connectivity index (χ3n) is 2.96. The van der Waals surface area contributed by atoms with Crippen molar-refractivity contribution in [2.75, 3.05) is 16.8 Å². The fourth-order valence-corrected chi connectivity index (χ4v) is 2.74. The Kier molecular flexibility index (Phi) is 4.40. The molecule has 2 rings (SSSR count). The molecular weight excluding hydrogens is 318 g/mol. The minimum Gasteiger partial charge on any atom is -0.303 e. The summed E-state index contributed by atoms with van der Waals surface area (Å²) in [7, 11) is 0. The number of hydrogen-bond donors (Lipinski definition) is 0. The van der Waals surface area contributed by atoms with Crippen molar-refractivity contribution in [2.45, 2.75) is 19.3 Å². The second-order valence-corrected chi connectivity index (χ2v) is 5.37. The lowest BCUT2D eigenvalue weighted by molar-refractivity contribution is -0.114. The standard InChI is InChI=1S/C13H13BrClNO2/c14-7-2-1-3-8-16-11-9(12(17)13(16)18)5-4-6-10(11)15/h4-6H,1-3,7-8H2. The molecule has 0 bridgehead atoms. The predicted octanol–water partition coefficient (Wildman–Crippen LogP) is 3.43. The Hall–Kier alpha value is -0.870. The highest BCUT2D eigenvalue weighted by Crippen LogP contribution is 2.35. The Morgan fingerprint density at radius 2 is 1.94 bits per heavy atom. The fourth-order valence-electron chi connectivity index (χ4n) is 2.07. The first kappa shape index (κ1) is 13.6. The second kappa shape index (κ2) is 5.85. The number of rotatable bonds is 5. The summed E-state index contributed by atoms with van der Waals surface area (Å²) in [6, 6.07) is 5.05. The Morgan fingerprint density at radius 3 is 2.67 bits per heavy atom. The van der Waals surface area contributed by atoms with Gasteiger partial charge in [0.2, 0.25) is 0 Å². The molecule has 1 aromatic rings. The third kappa shape index (κ3) is 2.45. The number of ketones is 1. The molecule has 0 fully saturated rings. The van der Waals surface area contributed by atoms with Crippen LogP contribution in [0.5, 0.6) is 0 Å². The molecular formula is C13H13BrClNO2. The van der Waals surface area contributed by atoms with Crippen LogP contribution < -0.4 is 4.90 Å². The van der Waals surface area contributed by atoms with Crippen LogP contribution in [0.1, 0.15) is 29.6 Å². The summed E-state index contributed by atoms with van der Waals surface area (Å²) >= 11 is 9.45. The Labute approximate surface area is 119 Å². The summed E-state index contributed by atoms with van der Waals surface area (Å²) in [6.45, 7) is 0.550. The van der Waals surface area contributed by atoms with Gasteiger partial charge < -0.3 is 4.90 Å². The highest BCUT2D eigenvalue weighted by molar-refractivity contribution is 9.09. The number of amides is 1. The average Bonchev–Trinajstić information content (AvgIpc) is 2.61. The van der Waals surface area contributed by atoms with Gasteiger partial charge in [-0.2, -0.15) is 0 Å². The van der Waals surface area contributed by atoms with Crippen molar-refractivity contribution in [1.29, 1.82) is 0 Å². The molecule has 1 aromatic carbocycles. The van der Waals surface area contributed by atoms with Gasteiger partial charge in [-0.05, 0) is 25.0 Å². The number of fused-ring (bicyclic) bond motifs is 1. The topological polar surface area (TPSA) is 37.4 Å². The van der Waals surface area contributed by atoms with Crippen LogP contribution in [-0.4, -0.2) is 23.6 Å². The van der Waals surface area contributed by atoms with E-state index in [4.69, 9.17) is 11.6 Å². The molecule has 0 radical (unpaired) electrons. The largest absolute Gasteiger partial charge is 0.303 e. The molecule has 0 N–H and O–H groups in total. The van der Waals surface area contributed by atoms with Gasteiger partial charge in [-0.3, -0.25) is 9.59 Å². The van der Waals surface area contributed by atoms with Crippen molar-refractivity contribution >= 4 is 44.9 Å². The van der Waals surface area contributed by atoms with E-state index in [-0.39, 0.29) is 0 Å². The van der Waals surface area contributed by atoms with Crippen molar-refractivity contribution in [3.05, 3.63) is 28.8 Å². The van der Waals surface area contributed by atoms with E-state index < -0.39 is 11.7 Å². The molecule has 0 saturated carbocycles. The number of carbonyl (C=O) groups is 2. The van der Waals surface area contributed by atoms with Gasteiger partial charge in [0.15, 0.2) is 0 Å². The number of alkyl halides is 1. The van der Waals surface area contributed by atoms with Crippen LogP contribution >= 0.6 is 27.5 Å². The number of para-hydroxylation sites is 1. The first-order valence-corrected chi connectivity index (χ1v) is 7.37. The van der Waals surface area contributed by atoms with Gasteiger partial charge in [-0.1, -0.05) is 40.0 Å². The molecule has 5 heteroatoms. The zero-order chi connectivity index (χ0) is 13.1. The first-order chi connectivity index (χ1) is 8.66. The number of Topliss-reactive ketones (excluding diaryl/α,β-unsaturated/α-hetero) is 1. The normalized spacial score (nSPS) is 14.2. The number of anilines is 1. The number of carbonyl (C=O) groups excluding carboxylic acids is 2. The van der Waals surface area contributed by atoms with E-state index in [0.29, 0.717) is 22.8 Å². The molecule has 18 heavy (non-hydrogen) atoms. The molecule has 0 saturated heterocycles. The molecule has 1 aliphatic heterocycles. The lowest BCUT2D eigenvalue weighted by Gasteiger charge is -2.17. The Morgan fingerprint density at radius 1 is 1.17 bits per heavy atom. The summed E-state index contributed by atoms with van der Waals surface area (Å²) in [4.78, 5) is 25.2. The zero-order valence-corrected chi connectivity index (χ0v) is 12.1. The number of benzene rings is 1. The van der Waals surface area contributed by atoms with Crippen LogP contribution in [0, 0.1) is 0 Å². The van der Waals surface area contributed by atoms with Crippen molar-refractivity contribution in [3.8, 4) is 0 Å². The fraction of sp³-hybridized carbons (Fsp3) is 0.385. The lowest BCUT2D eigenvalue weighted by Crippen LogP contribution is -2.30. The maximum Gasteiger partial charge on any atom is 0.299 e. The maximum atomic E-state index is 11.9. The van der Waals surface area contributed by atoms with Crippen LogP contribution in [0.3, 0.4) is 0 Å². The van der Waals surface area contributed by atoms with Gasteiger partial charge in [0.05, 0.1) is 16.3 Å². The highest BCUT2D eigenvalue weighted by Gasteiger charge is 2.36. The quantitative estimate of drug-likeness (QED) is 0.471. The number of nitrogens with zero attached hydrogens (tertiary/aromatic N) is 1. The number of unbranched alkanes of at least 4 members (excludes halogenated alkanes) is 2. The van der Waals surface area contributed by atoms with E-state index in [1.54, 1.807) is 18.2 Å². The van der Waals surface area contributed by atoms with Crippen LogP contribution in [0.2, 0.25) is 5.02 Å². The van der Waals surface area contributed by atoms with Gasteiger partial charge >= 0.3 is 0 Å². The summed E-state index contributed by atoms with van der Waals surface area (Å²) in [5.41, 5.74) is 1.00. The van der Waals surface area contributed by atoms with E-state index in [0.717, 1.165) is 24.6 Å². The van der Waals surface area contributed by atoms with E-state index in [2.05, 4.69) is 15.9 Å². The molecule has 1 amide bonds. The van der Waals surface area contributed by atoms with E-state index >= 15 is 0 Å². The van der Waals surface area contributed by atoms with Gasteiger partial charge in [0.1, 0.15) is 0 Å². The maximum absolute atomic E-state index is 11.9. The molecule has 0 spiro atoms. The minimum atomic E-state index is -0.461. The summed E-state index contributed by atoms with van der Waals surface area (Å²) < 4.78 is 0. The molecule has 0 atom stereocenters. The SMILES string of the molecule is O=C1C(=O)N(CCCCCBr)c2c(Cl)cccc21. The van der Waals surface area contributed by atoms with Crippen LogP contribution in [0.4, 0.5) is 5.69 Å². The van der Waals surface area contributed by atoms with Crippen molar-refractivity contribution in [1.82, 2.24) is 0 Å². The van der Waals surface area contributed by atoms with Gasteiger partial charge in [-0.15, -0.1) is 0 Å². The molecule has 3 nitrogen and oxygen atoms in total.